The van der Waals surface area contributed by atoms with E-state index < -0.39 is 11.8 Å². The normalized spacial score (nSPS) is 10.4. The van der Waals surface area contributed by atoms with Crippen LogP contribution in [0.1, 0.15) is 29.3 Å². The van der Waals surface area contributed by atoms with E-state index >= 15 is 0 Å². The van der Waals surface area contributed by atoms with Crippen LogP contribution in [0.15, 0.2) is 47.6 Å². The van der Waals surface area contributed by atoms with Crippen molar-refractivity contribution in [3.63, 3.8) is 0 Å². The van der Waals surface area contributed by atoms with Crippen molar-refractivity contribution in [3.8, 4) is 17.2 Å². The Morgan fingerprint density at radius 3 is 2.52 bits per heavy atom. The number of nitrogens with one attached hydrogen (secondary N) is 2. The van der Waals surface area contributed by atoms with Gasteiger partial charge in [0.1, 0.15) is 5.75 Å². The molecule has 0 saturated carbocycles. The van der Waals surface area contributed by atoms with Crippen LogP contribution in [0.5, 0.6) is 17.2 Å². The fourth-order valence-corrected chi connectivity index (χ4v) is 2.38. The van der Waals surface area contributed by atoms with Gasteiger partial charge in [-0.15, -0.1) is 0 Å². The lowest BCUT2D eigenvalue weighted by molar-refractivity contribution is -0.120. The molecule has 0 heterocycles. The second kappa shape index (κ2) is 11.3. The molecule has 8 heteroatoms. The third-order valence-electron chi connectivity index (χ3n) is 3.83. The topological polar surface area (TPSA) is 98.2 Å². The molecule has 2 rings (SSSR count). The molecular formula is C21H25N3O5. The number of hydrogen-bond acceptors (Lipinski definition) is 6. The lowest BCUT2D eigenvalue weighted by atomic mass is 10.2. The first kappa shape index (κ1) is 21.7. The lowest BCUT2D eigenvalue weighted by Gasteiger charge is -2.09. The van der Waals surface area contributed by atoms with E-state index in [0.29, 0.717) is 29.4 Å². The number of rotatable bonds is 10. The molecule has 0 aliphatic carbocycles. The predicted octanol–water partition coefficient (Wildman–Crippen LogP) is 2.37. The van der Waals surface area contributed by atoms with Gasteiger partial charge in [-0.05, 0) is 36.8 Å². The zero-order valence-corrected chi connectivity index (χ0v) is 16.7. The van der Waals surface area contributed by atoms with E-state index in [4.69, 9.17) is 14.2 Å². The molecule has 29 heavy (non-hydrogen) atoms. The third kappa shape index (κ3) is 6.53. The SMILES string of the molecule is CCCOc1ccccc1/C=N\NC(=O)CNC(=O)c1ccc(OC)c(OC)c1. The van der Waals surface area contributed by atoms with E-state index in [-0.39, 0.29) is 6.54 Å². The van der Waals surface area contributed by atoms with Crippen LogP contribution in [0.4, 0.5) is 0 Å². The zero-order valence-electron chi connectivity index (χ0n) is 16.7. The van der Waals surface area contributed by atoms with Crippen LogP contribution in [0, 0.1) is 0 Å². The Kier molecular flexibility index (Phi) is 8.50. The molecule has 8 nitrogen and oxygen atoms in total. The summed E-state index contributed by atoms with van der Waals surface area (Å²) in [7, 11) is 2.99. The van der Waals surface area contributed by atoms with Gasteiger partial charge in [0.25, 0.3) is 11.8 Å². The molecule has 0 spiro atoms. The van der Waals surface area contributed by atoms with Gasteiger partial charge in [0.15, 0.2) is 11.5 Å². The Balaban J connectivity index is 1.87. The highest BCUT2D eigenvalue weighted by atomic mass is 16.5. The first-order valence-corrected chi connectivity index (χ1v) is 9.13. The molecule has 0 fully saturated rings. The fourth-order valence-electron chi connectivity index (χ4n) is 2.38. The highest BCUT2D eigenvalue weighted by molar-refractivity contribution is 5.97. The molecule has 0 radical (unpaired) electrons. The van der Waals surface area contributed by atoms with E-state index in [0.717, 1.165) is 12.0 Å². The van der Waals surface area contributed by atoms with Gasteiger partial charge in [0.2, 0.25) is 0 Å². The number of hydrogen-bond donors (Lipinski definition) is 2. The number of methoxy groups -OCH3 is 2. The van der Waals surface area contributed by atoms with Gasteiger partial charge in [0.05, 0.1) is 33.6 Å². The molecule has 2 amide bonds. The number of ether oxygens (including phenoxy) is 3. The molecule has 2 aromatic carbocycles. The van der Waals surface area contributed by atoms with E-state index in [2.05, 4.69) is 15.8 Å². The van der Waals surface area contributed by atoms with Crippen molar-refractivity contribution in [2.75, 3.05) is 27.4 Å². The van der Waals surface area contributed by atoms with Crippen molar-refractivity contribution < 1.29 is 23.8 Å². The van der Waals surface area contributed by atoms with Gasteiger partial charge >= 0.3 is 0 Å². The van der Waals surface area contributed by atoms with Gasteiger partial charge in [-0.1, -0.05) is 19.1 Å². The second-order valence-corrected chi connectivity index (χ2v) is 5.93. The number of carbonyl (C=O) groups excluding carboxylic acids is 2. The van der Waals surface area contributed by atoms with Crippen molar-refractivity contribution >= 4 is 18.0 Å². The molecule has 0 unspecified atom stereocenters. The Morgan fingerprint density at radius 2 is 1.79 bits per heavy atom. The van der Waals surface area contributed by atoms with Crippen LogP contribution < -0.4 is 25.0 Å². The molecule has 0 aliphatic heterocycles. The number of para-hydroxylation sites is 1. The standard InChI is InChI=1S/C21H25N3O5/c1-4-11-29-17-8-6-5-7-16(17)13-23-24-20(25)14-22-21(26)15-9-10-18(27-2)19(12-15)28-3/h5-10,12-13H,4,11,14H2,1-3H3,(H,22,26)(H,24,25)/b23-13-. The fraction of sp³-hybridized carbons (Fsp3) is 0.286. The number of benzene rings is 2. The lowest BCUT2D eigenvalue weighted by Crippen LogP contribution is -2.34. The molecule has 0 bridgehead atoms. The Morgan fingerprint density at radius 1 is 1.03 bits per heavy atom. The summed E-state index contributed by atoms with van der Waals surface area (Å²) >= 11 is 0. The maximum atomic E-state index is 12.2. The van der Waals surface area contributed by atoms with Gasteiger partial charge in [-0.2, -0.15) is 5.10 Å². The maximum absolute atomic E-state index is 12.2. The van der Waals surface area contributed by atoms with Gasteiger partial charge in [0, 0.05) is 11.1 Å². The molecule has 2 aromatic rings. The molecule has 2 N–H and O–H groups in total. The van der Waals surface area contributed by atoms with Crippen molar-refractivity contribution in [3.05, 3.63) is 53.6 Å². The minimum atomic E-state index is -0.456. The number of nitrogens with zero attached hydrogens (tertiary/aromatic N) is 1. The number of carbonyl (C=O) groups is 2. The van der Waals surface area contributed by atoms with Crippen LogP contribution in [0.25, 0.3) is 0 Å². The van der Waals surface area contributed by atoms with Crippen molar-refractivity contribution in [1.82, 2.24) is 10.7 Å². The Hall–Kier alpha value is -3.55. The van der Waals surface area contributed by atoms with Gasteiger partial charge in [-0.25, -0.2) is 5.43 Å². The smallest absolute Gasteiger partial charge is 0.259 e. The zero-order chi connectivity index (χ0) is 21.1. The molecule has 0 atom stereocenters. The third-order valence-corrected chi connectivity index (χ3v) is 3.83. The Bertz CT molecular complexity index is 867. The highest BCUT2D eigenvalue weighted by Crippen LogP contribution is 2.27. The summed E-state index contributed by atoms with van der Waals surface area (Å²) in [4.78, 5) is 24.1. The van der Waals surface area contributed by atoms with E-state index in [1.165, 1.54) is 26.5 Å². The van der Waals surface area contributed by atoms with Crippen LogP contribution in [0.2, 0.25) is 0 Å². The quantitative estimate of drug-likeness (QED) is 0.472. The van der Waals surface area contributed by atoms with Crippen LogP contribution in [-0.4, -0.2) is 45.4 Å². The van der Waals surface area contributed by atoms with E-state index in [9.17, 15) is 9.59 Å². The molecular weight excluding hydrogens is 374 g/mol. The Labute approximate surface area is 169 Å². The summed E-state index contributed by atoms with van der Waals surface area (Å²) in [6.07, 6.45) is 2.39. The average molecular weight is 399 g/mol. The van der Waals surface area contributed by atoms with Crippen LogP contribution in [0.3, 0.4) is 0 Å². The average Bonchev–Trinajstić information content (AvgIpc) is 2.76. The van der Waals surface area contributed by atoms with Crippen molar-refractivity contribution in [2.24, 2.45) is 5.10 Å². The van der Waals surface area contributed by atoms with Crippen LogP contribution in [-0.2, 0) is 4.79 Å². The predicted molar refractivity (Wildman–Crippen MR) is 110 cm³/mol. The summed E-state index contributed by atoms with van der Waals surface area (Å²) in [5.74, 6) is 0.761. The maximum Gasteiger partial charge on any atom is 0.259 e. The summed E-state index contributed by atoms with van der Waals surface area (Å²) in [6, 6.07) is 12.1. The first-order valence-electron chi connectivity index (χ1n) is 9.13. The number of hydrazone groups is 1. The molecule has 154 valence electrons. The molecule has 0 saturated heterocycles. The summed E-state index contributed by atoms with van der Waals surface area (Å²) in [5.41, 5.74) is 3.47. The highest BCUT2D eigenvalue weighted by Gasteiger charge is 2.11. The van der Waals surface area contributed by atoms with Gasteiger partial charge < -0.3 is 19.5 Å². The summed E-state index contributed by atoms with van der Waals surface area (Å²) in [5, 5.41) is 6.45. The van der Waals surface area contributed by atoms with E-state index in [1.807, 2.05) is 31.2 Å². The first-order chi connectivity index (χ1) is 14.1. The monoisotopic (exact) mass is 399 g/mol. The minimum Gasteiger partial charge on any atom is -0.493 e. The molecule has 0 aliphatic rings. The van der Waals surface area contributed by atoms with E-state index in [1.54, 1.807) is 12.1 Å². The summed E-state index contributed by atoms with van der Waals surface area (Å²) < 4.78 is 15.9. The summed E-state index contributed by atoms with van der Waals surface area (Å²) in [6.45, 7) is 2.39. The second-order valence-electron chi connectivity index (χ2n) is 5.93. The van der Waals surface area contributed by atoms with Crippen molar-refractivity contribution in [1.29, 1.82) is 0 Å². The van der Waals surface area contributed by atoms with Gasteiger partial charge in [-0.3, -0.25) is 9.59 Å². The van der Waals surface area contributed by atoms with Crippen LogP contribution >= 0.6 is 0 Å². The largest absolute Gasteiger partial charge is 0.493 e. The minimum absolute atomic E-state index is 0.224. The van der Waals surface area contributed by atoms with Crippen molar-refractivity contribution in [2.45, 2.75) is 13.3 Å². The number of amides is 2. The molecule has 0 aromatic heterocycles.